The van der Waals surface area contributed by atoms with E-state index in [0.717, 1.165) is 12.8 Å². The van der Waals surface area contributed by atoms with Gasteiger partial charge in [0.15, 0.2) is 11.4 Å². The summed E-state index contributed by atoms with van der Waals surface area (Å²) in [5.74, 6) is 0.333. The lowest BCUT2D eigenvalue weighted by Gasteiger charge is -2.16. The minimum atomic E-state index is -0.524. The average Bonchev–Trinajstić information content (AvgIpc) is 3.52. The Labute approximate surface area is 182 Å². The molecule has 0 saturated carbocycles. The highest BCUT2D eigenvalue weighted by molar-refractivity contribution is 5.79. The fourth-order valence-corrected chi connectivity index (χ4v) is 4.09. The number of hydrogen-bond acceptors (Lipinski definition) is 6. The first-order valence-electron chi connectivity index (χ1n) is 10.5. The Morgan fingerprint density at radius 2 is 1.97 bits per heavy atom. The van der Waals surface area contributed by atoms with Crippen molar-refractivity contribution in [2.24, 2.45) is 5.92 Å². The van der Waals surface area contributed by atoms with Crippen LogP contribution in [-0.2, 0) is 17.8 Å². The zero-order valence-electron chi connectivity index (χ0n) is 17.2. The first kappa shape index (κ1) is 20.2. The highest BCUT2D eigenvalue weighted by Crippen LogP contribution is 2.23. The van der Waals surface area contributed by atoms with Crippen LogP contribution in [0.1, 0.15) is 18.7 Å². The molecule has 5 rings (SSSR count). The lowest BCUT2D eigenvalue weighted by atomic mass is 10.0. The van der Waals surface area contributed by atoms with Crippen molar-refractivity contribution < 1.29 is 18.1 Å². The van der Waals surface area contributed by atoms with Crippen molar-refractivity contribution in [3.63, 3.8) is 0 Å². The molecule has 1 atom stereocenters. The quantitative estimate of drug-likeness (QED) is 0.461. The van der Waals surface area contributed by atoms with Gasteiger partial charge >= 0.3 is 5.76 Å². The topological polar surface area (TPSA) is 94.4 Å². The Hall–Kier alpha value is -3.75. The van der Waals surface area contributed by atoms with Gasteiger partial charge in [-0.25, -0.2) is 9.18 Å². The van der Waals surface area contributed by atoms with Crippen molar-refractivity contribution in [3.05, 3.63) is 70.7 Å². The van der Waals surface area contributed by atoms with E-state index in [1.807, 2.05) is 6.07 Å². The predicted molar refractivity (Wildman–Crippen MR) is 113 cm³/mol. The molecule has 0 aliphatic carbocycles. The zero-order valence-corrected chi connectivity index (χ0v) is 17.2. The molecule has 1 amide bonds. The number of amides is 1. The summed E-state index contributed by atoms with van der Waals surface area (Å²) in [5.41, 5.74) is 1.77. The van der Waals surface area contributed by atoms with Gasteiger partial charge in [0.25, 0.3) is 5.89 Å². The highest BCUT2D eigenvalue weighted by Gasteiger charge is 2.27. The van der Waals surface area contributed by atoms with Crippen LogP contribution in [0.15, 0.2) is 62.3 Å². The third-order valence-electron chi connectivity index (χ3n) is 5.84. The van der Waals surface area contributed by atoms with E-state index in [9.17, 15) is 14.0 Å². The van der Waals surface area contributed by atoms with E-state index in [-0.39, 0.29) is 18.3 Å². The second kappa shape index (κ2) is 8.41. The number of halogens is 1. The Balaban J connectivity index is 1.16. The van der Waals surface area contributed by atoms with E-state index in [0.29, 0.717) is 53.8 Å². The largest absolute Gasteiger partial charge is 0.420 e. The minimum absolute atomic E-state index is 0.0333. The number of benzene rings is 2. The molecule has 32 heavy (non-hydrogen) atoms. The van der Waals surface area contributed by atoms with Crippen molar-refractivity contribution in [2.45, 2.75) is 25.8 Å². The fraction of sp³-hybridized carbons (Fsp3) is 0.304. The Morgan fingerprint density at radius 1 is 1.16 bits per heavy atom. The summed E-state index contributed by atoms with van der Waals surface area (Å²) >= 11 is 0. The number of aromatic nitrogens is 3. The molecule has 3 heterocycles. The Bertz CT molecular complexity index is 1310. The summed E-state index contributed by atoms with van der Waals surface area (Å²) in [6.07, 6.45) is 2.33. The number of para-hydroxylation sites is 2. The molecule has 1 aliphatic rings. The number of likely N-dealkylation sites (tertiary alicyclic amines) is 1. The smallest absolute Gasteiger partial charge is 0.408 e. The zero-order chi connectivity index (χ0) is 22.1. The standard InChI is InChI=1S/C23H21FN4O4/c24-17-8-6-16(7-9-17)22-25-20(26-32-22)10-5-15-11-12-27(13-15)21(29)14-28-18-3-1-2-4-19(18)31-23(28)30/h1-4,6-9,15H,5,10-14H2. The molecule has 1 saturated heterocycles. The Morgan fingerprint density at radius 3 is 2.81 bits per heavy atom. The maximum atomic E-state index is 13.1. The molecule has 1 fully saturated rings. The Kier molecular flexibility index (Phi) is 5.30. The number of carbonyl (C=O) groups is 1. The number of fused-ring (bicyclic) bond motifs is 1. The summed E-state index contributed by atoms with van der Waals surface area (Å²) < 4.78 is 24.9. The molecule has 8 nitrogen and oxygen atoms in total. The summed E-state index contributed by atoms with van der Waals surface area (Å²) in [4.78, 5) is 31.1. The number of carbonyl (C=O) groups excluding carboxylic acids is 1. The van der Waals surface area contributed by atoms with Crippen LogP contribution >= 0.6 is 0 Å². The van der Waals surface area contributed by atoms with Gasteiger partial charge in [-0.1, -0.05) is 17.3 Å². The number of oxazole rings is 1. The monoisotopic (exact) mass is 436 g/mol. The number of rotatable bonds is 6. The molecule has 0 spiro atoms. The van der Waals surface area contributed by atoms with E-state index in [1.165, 1.54) is 16.7 Å². The second-order valence-electron chi connectivity index (χ2n) is 7.98. The lowest BCUT2D eigenvalue weighted by Crippen LogP contribution is -2.34. The lowest BCUT2D eigenvalue weighted by molar-refractivity contribution is -0.130. The van der Waals surface area contributed by atoms with Crippen LogP contribution < -0.4 is 5.76 Å². The van der Waals surface area contributed by atoms with E-state index < -0.39 is 5.76 Å². The average molecular weight is 436 g/mol. The predicted octanol–water partition coefficient (Wildman–Crippen LogP) is 3.26. The van der Waals surface area contributed by atoms with Gasteiger partial charge in [0, 0.05) is 25.1 Å². The second-order valence-corrected chi connectivity index (χ2v) is 7.98. The summed E-state index contributed by atoms with van der Waals surface area (Å²) in [6.45, 7) is 1.25. The third kappa shape index (κ3) is 4.05. The van der Waals surface area contributed by atoms with Crippen LogP contribution in [0, 0.1) is 11.7 Å². The molecule has 2 aromatic heterocycles. The molecule has 0 radical (unpaired) electrons. The first-order valence-corrected chi connectivity index (χ1v) is 10.5. The maximum absolute atomic E-state index is 13.1. The number of hydrogen-bond donors (Lipinski definition) is 0. The normalized spacial score (nSPS) is 16.2. The van der Waals surface area contributed by atoms with E-state index in [2.05, 4.69) is 10.1 Å². The fourth-order valence-electron chi connectivity index (χ4n) is 4.09. The summed E-state index contributed by atoms with van der Waals surface area (Å²) in [6, 6.07) is 13.0. The van der Waals surface area contributed by atoms with Crippen molar-refractivity contribution in [3.8, 4) is 11.5 Å². The molecular formula is C23H21FN4O4. The molecule has 2 aromatic carbocycles. The SMILES string of the molecule is O=C(Cn1c(=O)oc2ccccc21)N1CCC(CCc2noc(-c3ccc(F)cc3)n2)C1. The van der Waals surface area contributed by atoms with E-state index in [1.54, 1.807) is 35.2 Å². The van der Waals surface area contributed by atoms with Crippen LogP contribution in [0.25, 0.3) is 22.6 Å². The van der Waals surface area contributed by atoms with Gasteiger partial charge in [-0.2, -0.15) is 4.98 Å². The van der Waals surface area contributed by atoms with Gasteiger partial charge in [0.05, 0.1) is 5.52 Å². The highest BCUT2D eigenvalue weighted by atomic mass is 19.1. The van der Waals surface area contributed by atoms with Crippen molar-refractivity contribution in [2.75, 3.05) is 13.1 Å². The molecule has 9 heteroatoms. The molecule has 0 bridgehead atoms. The van der Waals surface area contributed by atoms with E-state index >= 15 is 0 Å². The third-order valence-corrected chi connectivity index (χ3v) is 5.84. The van der Waals surface area contributed by atoms with Gasteiger partial charge in [-0.05, 0) is 55.2 Å². The van der Waals surface area contributed by atoms with Gasteiger partial charge in [-0.3, -0.25) is 9.36 Å². The summed E-state index contributed by atoms with van der Waals surface area (Å²) in [5, 5.41) is 4.01. The van der Waals surface area contributed by atoms with Crippen LogP contribution in [-0.4, -0.2) is 38.6 Å². The van der Waals surface area contributed by atoms with Gasteiger partial charge in [0.1, 0.15) is 12.4 Å². The van der Waals surface area contributed by atoms with Crippen LogP contribution in [0.2, 0.25) is 0 Å². The van der Waals surface area contributed by atoms with Crippen molar-refractivity contribution in [1.29, 1.82) is 0 Å². The summed E-state index contributed by atoms with van der Waals surface area (Å²) in [7, 11) is 0. The first-order chi connectivity index (χ1) is 15.6. The van der Waals surface area contributed by atoms with Crippen LogP contribution in [0.3, 0.4) is 0 Å². The minimum Gasteiger partial charge on any atom is -0.408 e. The molecular weight excluding hydrogens is 415 g/mol. The van der Waals surface area contributed by atoms with Gasteiger partial charge in [0.2, 0.25) is 5.91 Å². The molecule has 4 aromatic rings. The van der Waals surface area contributed by atoms with Gasteiger partial charge < -0.3 is 13.8 Å². The van der Waals surface area contributed by atoms with Gasteiger partial charge in [-0.15, -0.1) is 0 Å². The van der Waals surface area contributed by atoms with Crippen LogP contribution in [0.4, 0.5) is 4.39 Å². The maximum Gasteiger partial charge on any atom is 0.420 e. The molecule has 0 N–H and O–H groups in total. The van der Waals surface area contributed by atoms with E-state index in [4.69, 9.17) is 8.94 Å². The van der Waals surface area contributed by atoms with Crippen molar-refractivity contribution >= 4 is 17.0 Å². The van der Waals surface area contributed by atoms with Crippen molar-refractivity contribution in [1.82, 2.24) is 19.6 Å². The number of aryl methyl sites for hydroxylation is 1. The molecule has 1 unspecified atom stereocenters. The van der Waals surface area contributed by atoms with Crippen LogP contribution in [0.5, 0.6) is 0 Å². The molecule has 1 aliphatic heterocycles. The molecule has 164 valence electrons. The number of nitrogens with zero attached hydrogens (tertiary/aromatic N) is 4.